The standard InChI is InChI=1S/C26H22FN3O3S2/c1-16(24(31)30-26-29-22(15-34-26)20-11-4-6-13-23(20)33-2)35-18-9-7-8-17(14-18)28-25(32)19-10-3-5-12-21(19)27/h3-16H,1-2H3,(H,28,32)(H,29,30,31). The zero-order chi connectivity index (χ0) is 24.8. The van der Waals surface area contributed by atoms with Gasteiger partial charge in [-0.3, -0.25) is 9.59 Å². The second-order valence-electron chi connectivity index (χ2n) is 7.45. The summed E-state index contributed by atoms with van der Waals surface area (Å²) >= 11 is 2.68. The monoisotopic (exact) mass is 507 g/mol. The van der Waals surface area contributed by atoms with E-state index < -0.39 is 17.0 Å². The number of nitrogens with one attached hydrogen (secondary N) is 2. The second-order valence-corrected chi connectivity index (χ2v) is 9.72. The molecule has 0 fully saturated rings. The van der Waals surface area contributed by atoms with E-state index in [-0.39, 0.29) is 11.5 Å². The maximum Gasteiger partial charge on any atom is 0.258 e. The number of thioether (sulfide) groups is 1. The van der Waals surface area contributed by atoms with Crippen LogP contribution in [0, 0.1) is 5.82 Å². The zero-order valence-electron chi connectivity index (χ0n) is 18.9. The molecule has 4 rings (SSSR count). The van der Waals surface area contributed by atoms with Crippen molar-refractivity contribution in [3.63, 3.8) is 0 Å². The fourth-order valence-electron chi connectivity index (χ4n) is 3.27. The number of amides is 2. The van der Waals surface area contributed by atoms with Crippen LogP contribution < -0.4 is 15.4 Å². The average molecular weight is 508 g/mol. The Labute approximate surface area is 210 Å². The van der Waals surface area contributed by atoms with Crippen molar-refractivity contribution in [2.24, 2.45) is 0 Å². The molecule has 1 atom stereocenters. The van der Waals surface area contributed by atoms with E-state index in [0.29, 0.717) is 16.6 Å². The first-order valence-corrected chi connectivity index (χ1v) is 12.4. The summed E-state index contributed by atoms with van der Waals surface area (Å²) in [6.07, 6.45) is 0. The summed E-state index contributed by atoms with van der Waals surface area (Å²) in [4.78, 5) is 30.5. The highest BCUT2D eigenvalue weighted by atomic mass is 32.2. The minimum atomic E-state index is -0.586. The predicted octanol–water partition coefficient (Wildman–Crippen LogP) is 6.33. The van der Waals surface area contributed by atoms with Gasteiger partial charge in [0.15, 0.2) is 5.13 Å². The average Bonchev–Trinajstić information content (AvgIpc) is 3.32. The molecular weight excluding hydrogens is 485 g/mol. The smallest absolute Gasteiger partial charge is 0.258 e. The maximum atomic E-state index is 13.9. The summed E-state index contributed by atoms with van der Waals surface area (Å²) in [5.74, 6) is -0.610. The lowest BCUT2D eigenvalue weighted by Gasteiger charge is -2.12. The van der Waals surface area contributed by atoms with Crippen molar-refractivity contribution in [2.45, 2.75) is 17.1 Å². The Morgan fingerprint density at radius 3 is 2.60 bits per heavy atom. The maximum absolute atomic E-state index is 13.9. The largest absolute Gasteiger partial charge is 0.496 e. The number of rotatable bonds is 8. The van der Waals surface area contributed by atoms with Gasteiger partial charge in [0.1, 0.15) is 11.6 Å². The molecule has 9 heteroatoms. The van der Waals surface area contributed by atoms with Crippen molar-refractivity contribution in [1.82, 2.24) is 4.98 Å². The van der Waals surface area contributed by atoms with Gasteiger partial charge >= 0.3 is 0 Å². The molecule has 2 N–H and O–H groups in total. The van der Waals surface area contributed by atoms with Crippen LogP contribution in [0.1, 0.15) is 17.3 Å². The highest BCUT2D eigenvalue weighted by Crippen LogP contribution is 2.32. The number of carbonyl (C=O) groups is 2. The Morgan fingerprint density at radius 2 is 1.80 bits per heavy atom. The molecule has 6 nitrogen and oxygen atoms in total. The van der Waals surface area contributed by atoms with Crippen LogP contribution in [0.25, 0.3) is 11.3 Å². The number of carbonyl (C=O) groups excluding carboxylic acids is 2. The van der Waals surface area contributed by atoms with Crippen molar-refractivity contribution in [3.8, 4) is 17.0 Å². The minimum Gasteiger partial charge on any atom is -0.496 e. The van der Waals surface area contributed by atoms with Gasteiger partial charge in [0.05, 0.1) is 23.6 Å². The molecule has 0 radical (unpaired) electrons. The molecule has 1 heterocycles. The molecule has 3 aromatic carbocycles. The highest BCUT2D eigenvalue weighted by molar-refractivity contribution is 8.00. The predicted molar refractivity (Wildman–Crippen MR) is 139 cm³/mol. The van der Waals surface area contributed by atoms with Crippen LogP contribution in [0.4, 0.5) is 15.2 Å². The molecule has 0 saturated carbocycles. The summed E-state index contributed by atoms with van der Waals surface area (Å²) in [5.41, 5.74) is 2.05. The summed E-state index contributed by atoms with van der Waals surface area (Å²) in [7, 11) is 1.60. The topological polar surface area (TPSA) is 80.3 Å². The number of aromatic nitrogens is 1. The summed E-state index contributed by atoms with van der Waals surface area (Å²) < 4.78 is 19.3. The van der Waals surface area contributed by atoms with Gasteiger partial charge in [-0.25, -0.2) is 9.37 Å². The van der Waals surface area contributed by atoms with Crippen molar-refractivity contribution < 1.29 is 18.7 Å². The van der Waals surface area contributed by atoms with Gasteiger partial charge < -0.3 is 15.4 Å². The van der Waals surface area contributed by atoms with Crippen LogP contribution in [-0.2, 0) is 4.79 Å². The van der Waals surface area contributed by atoms with E-state index in [1.54, 1.807) is 38.3 Å². The minimum absolute atomic E-state index is 0.0331. The molecule has 2 amide bonds. The van der Waals surface area contributed by atoms with Crippen LogP contribution in [0.2, 0.25) is 0 Å². The van der Waals surface area contributed by atoms with Gasteiger partial charge in [-0.15, -0.1) is 23.1 Å². The molecule has 4 aromatic rings. The number of halogens is 1. The van der Waals surface area contributed by atoms with E-state index in [1.807, 2.05) is 35.7 Å². The molecule has 35 heavy (non-hydrogen) atoms. The molecule has 178 valence electrons. The lowest BCUT2D eigenvalue weighted by atomic mass is 10.1. The van der Waals surface area contributed by atoms with Gasteiger partial charge in [0.25, 0.3) is 5.91 Å². The third-order valence-corrected chi connectivity index (χ3v) is 6.86. The molecule has 0 aliphatic carbocycles. The molecule has 1 aromatic heterocycles. The normalized spacial score (nSPS) is 11.5. The molecule has 0 aliphatic rings. The Morgan fingerprint density at radius 1 is 1.03 bits per heavy atom. The first-order chi connectivity index (χ1) is 16.9. The number of nitrogens with zero attached hydrogens (tertiary/aromatic N) is 1. The van der Waals surface area contributed by atoms with Gasteiger partial charge in [-0.2, -0.15) is 0 Å². The number of para-hydroxylation sites is 1. The fourth-order valence-corrected chi connectivity index (χ4v) is 4.91. The lowest BCUT2D eigenvalue weighted by molar-refractivity contribution is -0.115. The van der Waals surface area contributed by atoms with Crippen molar-refractivity contribution in [3.05, 3.63) is 89.6 Å². The van der Waals surface area contributed by atoms with Gasteiger partial charge in [-0.1, -0.05) is 30.3 Å². The Balaban J connectivity index is 1.38. The van der Waals surface area contributed by atoms with Crippen LogP contribution in [0.3, 0.4) is 0 Å². The number of ether oxygens (including phenoxy) is 1. The number of hydrogen-bond donors (Lipinski definition) is 2. The Bertz CT molecular complexity index is 1360. The highest BCUT2D eigenvalue weighted by Gasteiger charge is 2.18. The summed E-state index contributed by atoms with van der Waals surface area (Å²) in [6.45, 7) is 1.79. The number of benzene rings is 3. The van der Waals surface area contributed by atoms with Crippen molar-refractivity contribution >= 4 is 45.7 Å². The van der Waals surface area contributed by atoms with Gasteiger partial charge in [0, 0.05) is 21.5 Å². The third-order valence-electron chi connectivity index (χ3n) is 5.01. The summed E-state index contributed by atoms with van der Waals surface area (Å²) in [5, 5.41) is 7.50. The van der Waals surface area contributed by atoms with Crippen molar-refractivity contribution in [2.75, 3.05) is 17.7 Å². The van der Waals surface area contributed by atoms with E-state index in [1.165, 1.54) is 41.3 Å². The third kappa shape index (κ3) is 6.06. The molecule has 0 saturated heterocycles. The lowest BCUT2D eigenvalue weighted by Crippen LogP contribution is -2.22. The Kier molecular flexibility index (Phi) is 7.79. The quantitative estimate of drug-likeness (QED) is 0.273. The molecular formula is C26H22FN3O3S2. The Hall–Kier alpha value is -3.69. The van der Waals surface area contributed by atoms with Crippen LogP contribution in [-0.4, -0.2) is 29.2 Å². The first-order valence-electron chi connectivity index (χ1n) is 10.7. The molecule has 0 bridgehead atoms. The van der Waals surface area contributed by atoms with E-state index in [2.05, 4.69) is 15.6 Å². The number of anilines is 2. The van der Waals surface area contributed by atoms with E-state index >= 15 is 0 Å². The SMILES string of the molecule is COc1ccccc1-c1csc(NC(=O)C(C)Sc2cccc(NC(=O)c3ccccc3F)c2)n1. The molecule has 0 aliphatic heterocycles. The van der Waals surface area contributed by atoms with Crippen LogP contribution in [0.5, 0.6) is 5.75 Å². The number of hydrogen-bond acceptors (Lipinski definition) is 6. The number of methoxy groups -OCH3 is 1. The van der Waals surface area contributed by atoms with Crippen LogP contribution >= 0.6 is 23.1 Å². The number of thiazole rings is 1. The van der Waals surface area contributed by atoms with Gasteiger partial charge in [-0.05, 0) is 49.4 Å². The van der Waals surface area contributed by atoms with E-state index in [4.69, 9.17) is 4.74 Å². The van der Waals surface area contributed by atoms with E-state index in [9.17, 15) is 14.0 Å². The second kappa shape index (κ2) is 11.2. The van der Waals surface area contributed by atoms with Crippen LogP contribution in [0.15, 0.2) is 83.1 Å². The zero-order valence-corrected chi connectivity index (χ0v) is 20.6. The molecule has 0 spiro atoms. The summed E-state index contributed by atoms with van der Waals surface area (Å²) in [6, 6.07) is 20.4. The fraction of sp³-hybridized carbons (Fsp3) is 0.115. The van der Waals surface area contributed by atoms with Crippen molar-refractivity contribution in [1.29, 1.82) is 0 Å². The van der Waals surface area contributed by atoms with E-state index in [0.717, 1.165) is 16.2 Å². The molecule has 1 unspecified atom stereocenters. The van der Waals surface area contributed by atoms with Gasteiger partial charge in [0.2, 0.25) is 5.91 Å². The first kappa shape index (κ1) is 24.4.